The number of aliphatic hydroxyl groups excluding tert-OH is 1. The van der Waals surface area contributed by atoms with E-state index in [1.807, 2.05) is 35.9 Å². The number of piperidine rings is 1. The quantitative estimate of drug-likeness (QED) is 0.388. The molecule has 9 heteroatoms. The lowest BCUT2D eigenvalue weighted by molar-refractivity contribution is -0.131. The maximum absolute atomic E-state index is 13.9. The molecule has 0 radical (unpaired) electrons. The van der Waals surface area contributed by atoms with Crippen molar-refractivity contribution < 1.29 is 27.8 Å². The Kier molecular flexibility index (Phi) is 7.25. The first kappa shape index (κ1) is 24.5. The molecular formula is C26H26F3N3O3. The summed E-state index contributed by atoms with van der Waals surface area (Å²) < 4.78 is 48.6. The van der Waals surface area contributed by atoms with E-state index in [9.17, 15) is 23.1 Å². The average Bonchev–Trinajstić information content (AvgIpc) is 3.28. The maximum atomic E-state index is 13.9. The molecule has 1 aliphatic rings. The predicted octanol–water partition coefficient (Wildman–Crippen LogP) is 4.74. The standard InChI is InChI=1S/C26H26F3N3O3/c1-16-14-31(15-30-16)23-6-5-17(11-24(23)35-2)10-18-4-3-8-32(26(18)34)22(7-9-33)19-12-20(27)25(29)21(28)13-19/h5-6,10-15,22,33H,3-4,7-9H2,1-2H3/b18-10+/t22-/m1/s1. The van der Waals surface area contributed by atoms with Gasteiger partial charge >= 0.3 is 0 Å². The topological polar surface area (TPSA) is 67.6 Å². The molecule has 2 aromatic carbocycles. The first-order chi connectivity index (χ1) is 16.8. The highest BCUT2D eigenvalue weighted by Gasteiger charge is 2.31. The zero-order chi connectivity index (χ0) is 25.1. The fourth-order valence-corrected chi connectivity index (χ4v) is 4.41. The molecule has 0 spiro atoms. The number of benzene rings is 2. The van der Waals surface area contributed by atoms with Crippen molar-refractivity contribution >= 4 is 12.0 Å². The van der Waals surface area contributed by atoms with E-state index in [2.05, 4.69) is 4.98 Å². The van der Waals surface area contributed by atoms with Crippen LogP contribution in [0.1, 0.15) is 42.1 Å². The molecule has 1 aromatic heterocycles. The largest absolute Gasteiger partial charge is 0.495 e. The van der Waals surface area contributed by atoms with Crippen molar-refractivity contribution in [1.29, 1.82) is 0 Å². The van der Waals surface area contributed by atoms with Crippen LogP contribution in [0.3, 0.4) is 0 Å². The van der Waals surface area contributed by atoms with Gasteiger partial charge in [0.15, 0.2) is 17.5 Å². The molecule has 1 N–H and O–H groups in total. The maximum Gasteiger partial charge on any atom is 0.250 e. The highest BCUT2D eigenvalue weighted by Crippen LogP contribution is 2.33. The van der Waals surface area contributed by atoms with Crippen LogP contribution in [0.2, 0.25) is 0 Å². The normalized spacial score (nSPS) is 16.1. The number of carbonyl (C=O) groups excluding carboxylic acids is 1. The van der Waals surface area contributed by atoms with Crippen LogP contribution in [0, 0.1) is 24.4 Å². The zero-order valence-electron chi connectivity index (χ0n) is 19.5. The molecule has 184 valence electrons. The number of likely N-dealkylation sites (tertiary alicyclic amines) is 1. The molecular weight excluding hydrogens is 459 g/mol. The van der Waals surface area contributed by atoms with Gasteiger partial charge < -0.3 is 19.3 Å². The number of aryl methyl sites for hydroxylation is 1. The van der Waals surface area contributed by atoms with E-state index < -0.39 is 23.5 Å². The summed E-state index contributed by atoms with van der Waals surface area (Å²) in [6.07, 6.45) is 6.56. The molecule has 4 rings (SSSR count). The molecule has 1 amide bonds. The van der Waals surface area contributed by atoms with E-state index in [1.165, 1.54) is 4.90 Å². The number of ether oxygens (including phenoxy) is 1. The van der Waals surface area contributed by atoms with Crippen LogP contribution in [-0.4, -0.2) is 45.7 Å². The number of rotatable bonds is 7. The van der Waals surface area contributed by atoms with Gasteiger partial charge in [-0.3, -0.25) is 4.79 Å². The number of imidazole rings is 1. The predicted molar refractivity (Wildman–Crippen MR) is 125 cm³/mol. The average molecular weight is 486 g/mol. The van der Waals surface area contributed by atoms with Crippen molar-refractivity contribution in [3.8, 4) is 11.4 Å². The number of methoxy groups -OCH3 is 1. The van der Waals surface area contributed by atoms with E-state index in [0.29, 0.717) is 30.7 Å². The smallest absolute Gasteiger partial charge is 0.250 e. The summed E-state index contributed by atoms with van der Waals surface area (Å²) in [5.41, 5.74) is 3.05. The fourth-order valence-electron chi connectivity index (χ4n) is 4.41. The van der Waals surface area contributed by atoms with Crippen LogP contribution >= 0.6 is 0 Å². The third-order valence-corrected chi connectivity index (χ3v) is 6.08. The van der Waals surface area contributed by atoms with Crippen molar-refractivity contribution in [2.75, 3.05) is 20.3 Å². The Morgan fingerprint density at radius 1 is 1.20 bits per heavy atom. The number of amides is 1. The van der Waals surface area contributed by atoms with Crippen LogP contribution in [0.5, 0.6) is 5.75 Å². The molecule has 0 unspecified atom stereocenters. The minimum absolute atomic E-state index is 0.0658. The van der Waals surface area contributed by atoms with Crippen molar-refractivity contribution in [2.24, 2.45) is 0 Å². The van der Waals surface area contributed by atoms with Crippen LogP contribution in [-0.2, 0) is 4.79 Å². The van der Waals surface area contributed by atoms with E-state index in [4.69, 9.17) is 4.74 Å². The Labute approximate surface area is 201 Å². The fraction of sp³-hybridized carbons (Fsp3) is 0.308. The van der Waals surface area contributed by atoms with Crippen molar-refractivity contribution in [3.63, 3.8) is 0 Å². The van der Waals surface area contributed by atoms with Crippen LogP contribution < -0.4 is 4.74 Å². The summed E-state index contributed by atoms with van der Waals surface area (Å²) in [5.74, 6) is -3.92. The number of aromatic nitrogens is 2. The third kappa shape index (κ3) is 5.09. The molecule has 6 nitrogen and oxygen atoms in total. The lowest BCUT2D eigenvalue weighted by atomic mass is 9.95. The number of aliphatic hydroxyl groups is 1. The van der Waals surface area contributed by atoms with Crippen LogP contribution in [0.4, 0.5) is 13.2 Å². The molecule has 35 heavy (non-hydrogen) atoms. The number of hydrogen-bond donors (Lipinski definition) is 1. The molecule has 0 bridgehead atoms. The van der Waals surface area contributed by atoms with Crippen molar-refractivity contribution in [3.05, 3.63) is 82.7 Å². The number of carbonyl (C=O) groups is 1. The first-order valence-electron chi connectivity index (χ1n) is 11.3. The van der Waals surface area contributed by atoms with Gasteiger partial charge in [-0.05, 0) is 67.7 Å². The van der Waals surface area contributed by atoms with Gasteiger partial charge in [0.1, 0.15) is 5.75 Å². The molecule has 1 atom stereocenters. The lowest BCUT2D eigenvalue weighted by Gasteiger charge is -2.36. The minimum atomic E-state index is -1.56. The van der Waals surface area contributed by atoms with Gasteiger partial charge in [0.05, 0.1) is 30.9 Å². The van der Waals surface area contributed by atoms with E-state index in [1.54, 1.807) is 19.5 Å². The Bertz CT molecular complexity index is 1250. The highest BCUT2D eigenvalue weighted by molar-refractivity contribution is 5.98. The van der Waals surface area contributed by atoms with Crippen molar-refractivity contribution in [2.45, 2.75) is 32.2 Å². The molecule has 1 fully saturated rings. The molecule has 2 heterocycles. The Hall–Kier alpha value is -3.59. The molecule has 1 aliphatic heterocycles. The van der Waals surface area contributed by atoms with Gasteiger partial charge in [0.25, 0.3) is 0 Å². The van der Waals surface area contributed by atoms with Gasteiger partial charge in [-0.15, -0.1) is 0 Å². The van der Waals surface area contributed by atoms with E-state index in [0.717, 1.165) is 29.1 Å². The summed E-state index contributed by atoms with van der Waals surface area (Å²) in [7, 11) is 1.56. The van der Waals surface area contributed by atoms with Gasteiger partial charge in [-0.2, -0.15) is 0 Å². The summed E-state index contributed by atoms with van der Waals surface area (Å²) >= 11 is 0. The molecule has 0 aliphatic carbocycles. The minimum Gasteiger partial charge on any atom is -0.495 e. The second-order valence-corrected chi connectivity index (χ2v) is 8.45. The first-order valence-corrected chi connectivity index (χ1v) is 11.3. The summed E-state index contributed by atoms with van der Waals surface area (Å²) in [6, 6.07) is 6.52. The summed E-state index contributed by atoms with van der Waals surface area (Å²) in [4.78, 5) is 19.1. The van der Waals surface area contributed by atoms with Crippen molar-refractivity contribution in [1.82, 2.24) is 14.5 Å². The van der Waals surface area contributed by atoms with Gasteiger partial charge in [-0.1, -0.05) is 6.07 Å². The number of halogens is 3. The monoisotopic (exact) mass is 485 g/mol. The second kappa shape index (κ2) is 10.4. The zero-order valence-corrected chi connectivity index (χ0v) is 19.5. The molecule has 0 saturated carbocycles. The Morgan fingerprint density at radius 3 is 2.57 bits per heavy atom. The van der Waals surface area contributed by atoms with Gasteiger partial charge in [-0.25, -0.2) is 18.2 Å². The number of hydrogen-bond acceptors (Lipinski definition) is 4. The lowest BCUT2D eigenvalue weighted by Crippen LogP contribution is -2.40. The van der Waals surface area contributed by atoms with Gasteiger partial charge in [0, 0.05) is 24.9 Å². The second-order valence-electron chi connectivity index (χ2n) is 8.45. The molecule has 3 aromatic rings. The van der Waals surface area contributed by atoms with E-state index in [-0.39, 0.29) is 24.5 Å². The number of nitrogens with zero attached hydrogens (tertiary/aromatic N) is 3. The van der Waals surface area contributed by atoms with Gasteiger partial charge in [0.2, 0.25) is 5.91 Å². The van der Waals surface area contributed by atoms with Crippen LogP contribution in [0.25, 0.3) is 11.8 Å². The molecule has 1 saturated heterocycles. The third-order valence-electron chi connectivity index (χ3n) is 6.08. The summed E-state index contributed by atoms with van der Waals surface area (Å²) in [5, 5.41) is 9.55. The Morgan fingerprint density at radius 2 is 1.94 bits per heavy atom. The highest BCUT2D eigenvalue weighted by atomic mass is 19.2. The van der Waals surface area contributed by atoms with E-state index >= 15 is 0 Å². The Balaban J connectivity index is 1.64. The van der Waals surface area contributed by atoms with Crippen LogP contribution in [0.15, 0.2) is 48.4 Å². The summed E-state index contributed by atoms with van der Waals surface area (Å²) in [6.45, 7) is 1.94. The SMILES string of the molecule is COc1cc(/C=C2\CCCN([C@H](CCO)c3cc(F)c(F)c(F)c3)C2=O)ccc1-n1cnc(C)c1.